The largest absolute Gasteiger partial charge is 0.514 e. The van der Waals surface area contributed by atoms with Crippen molar-refractivity contribution in [3.8, 4) is 5.75 Å². The highest BCUT2D eigenvalue weighted by molar-refractivity contribution is 9.10. The van der Waals surface area contributed by atoms with Gasteiger partial charge in [-0.2, -0.15) is 0 Å². The number of hydrogen-bond donors (Lipinski definition) is 8. The fourth-order valence-electron chi connectivity index (χ4n) is 7.51. The Balaban J connectivity index is 1.56. The molecular weight excluding hydrogens is 1040 g/mol. The number of halogens is 1. The van der Waals surface area contributed by atoms with Gasteiger partial charge in [0.05, 0.1) is 26.2 Å². The summed E-state index contributed by atoms with van der Waals surface area (Å²) >= 11 is 3.34. The standard InChI is InChI=1S/C51H65BrN8O15/c1-29(2)25-73-50(70)59-43(30(3)4)47(66)58-39(28-72-26-32-9-6-5-7-10-32)46(65)55-36(20-21-41(53)61)44(63)56-37(24-42(54)62)45(64)57-38(48(67)60-22-8-11-40(60)49(68)69)23-31-14-18-35(19-15-31)75-51(71)74-27-33-12-16-34(52)17-13-33/h5-7,9-10,12-19,29-30,36-40,43H,8,11,20-28H2,1-4H3,(H2,53,61)(H2,54,62)(H,55,65)(H,56,63)(H,57,64)(H,58,66)(H,59,70)(H,68,69)/t36-,37-,38-,39-,40-,43-/m0/s1. The molecule has 1 aliphatic heterocycles. The second kappa shape index (κ2) is 29.9. The fourth-order valence-corrected chi connectivity index (χ4v) is 7.77. The van der Waals surface area contributed by atoms with E-state index < -0.39 is 128 Å². The Labute approximate surface area is 442 Å². The zero-order valence-electron chi connectivity index (χ0n) is 42.0. The number of rotatable bonds is 28. The number of amides is 8. The highest BCUT2D eigenvalue weighted by Crippen LogP contribution is 2.22. The Kier molecular flexibility index (Phi) is 23.9. The van der Waals surface area contributed by atoms with Crippen molar-refractivity contribution < 1.29 is 72.0 Å². The van der Waals surface area contributed by atoms with Crippen LogP contribution >= 0.6 is 15.9 Å². The SMILES string of the molecule is CC(C)COC(=O)N[C@H](C(=O)N[C@@H](COCc1ccccc1)C(=O)N[C@@H](CCC(N)=O)C(=O)N[C@@H](CC(N)=O)C(=O)N[C@@H](Cc1ccc(OC(=O)OCc2ccc(Br)cc2)cc1)C(=O)N1CCC[C@H]1C(=O)O)C(C)C. The van der Waals surface area contributed by atoms with E-state index in [0.29, 0.717) is 17.5 Å². The Bertz CT molecular complexity index is 2460. The molecule has 0 unspecified atom stereocenters. The number of likely N-dealkylation sites (tertiary alicyclic amines) is 1. The number of carboxylic acids is 1. The summed E-state index contributed by atoms with van der Waals surface area (Å²) < 4.78 is 22.3. The summed E-state index contributed by atoms with van der Waals surface area (Å²) in [5.74, 6) is -8.50. The van der Waals surface area contributed by atoms with Gasteiger partial charge in [0, 0.05) is 23.9 Å². The van der Waals surface area contributed by atoms with Crippen LogP contribution in [0.5, 0.6) is 5.75 Å². The number of primary amides is 2. The highest BCUT2D eigenvalue weighted by Gasteiger charge is 2.39. The Morgan fingerprint density at radius 3 is 1.87 bits per heavy atom. The lowest BCUT2D eigenvalue weighted by molar-refractivity contribution is -0.149. The van der Waals surface area contributed by atoms with Crippen molar-refractivity contribution in [3.63, 3.8) is 0 Å². The molecule has 75 heavy (non-hydrogen) atoms. The molecule has 0 radical (unpaired) electrons. The molecule has 3 aromatic carbocycles. The molecule has 6 atom stereocenters. The second-order valence-electron chi connectivity index (χ2n) is 18.4. The quantitative estimate of drug-likeness (QED) is 0.0383. The number of benzene rings is 3. The third kappa shape index (κ3) is 20.7. The first kappa shape index (κ1) is 60.0. The molecule has 0 aliphatic carbocycles. The van der Waals surface area contributed by atoms with Crippen molar-refractivity contribution in [2.45, 2.75) is 116 Å². The molecule has 23 nitrogen and oxygen atoms in total. The number of nitrogens with two attached hydrogens (primary N) is 2. The smallest absolute Gasteiger partial charge is 0.480 e. The number of nitrogens with zero attached hydrogens (tertiary/aromatic N) is 1. The van der Waals surface area contributed by atoms with Gasteiger partial charge in [0.1, 0.15) is 48.6 Å². The van der Waals surface area contributed by atoms with Crippen LogP contribution in [0.2, 0.25) is 0 Å². The van der Waals surface area contributed by atoms with Crippen LogP contribution in [0, 0.1) is 11.8 Å². The summed E-state index contributed by atoms with van der Waals surface area (Å²) in [6, 6.07) is 12.8. The lowest BCUT2D eigenvalue weighted by atomic mass is 10.0. The summed E-state index contributed by atoms with van der Waals surface area (Å²) in [6.45, 7) is 6.53. The average molecular weight is 1110 g/mol. The third-order valence-electron chi connectivity index (χ3n) is 11.4. The van der Waals surface area contributed by atoms with Gasteiger partial charge in [-0.05, 0) is 72.1 Å². The van der Waals surface area contributed by atoms with Gasteiger partial charge in [-0.3, -0.25) is 33.6 Å². The molecule has 1 saturated heterocycles. The molecule has 1 fully saturated rings. The molecule has 0 saturated carbocycles. The predicted octanol–water partition coefficient (Wildman–Crippen LogP) is 2.49. The molecule has 4 rings (SSSR count). The summed E-state index contributed by atoms with van der Waals surface area (Å²) in [7, 11) is 0. The lowest BCUT2D eigenvalue weighted by Gasteiger charge is -2.29. The molecular formula is C51H65BrN8O15. The van der Waals surface area contributed by atoms with Crippen LogP contribution in [-0.4, -0.2) is 126 Å². The maximum Gasteiger partial charge on any atom is 0.514 e. The minimum absolute atomic E-state index is 0.00108. The number of carbonyl (C=O) groups is 10. The molecule has 0 spiro atoms. The Morgan fingerprint density at radius 2 is 1.25 bits per heavy atom. The lowest BCUT2D eigenvalue weighted by Crippen LogP contribution is -2.61. The van der Waals surface area contributed by atoms with Gasteiger partial charge in [-0.1, -0.05) is 98.2 Å². The van der Waals surface area contributed by atoms with Crippen LogP contribution in [0.25, 0.3) is 0 Å². The summed E-state index contributed by atoms with van der Waals surface area (Å²) in [4.78, 5) is 133. The van der Waals surface area contributed by atoms with Gasteiger partial charge in [0.2, 0.25) is 41.4 Å². The third-order valence-corrected chi connectivity index (χ3v) is 11.9. The van der Waals surface area contributed by atoms with E-state index in [4.69, 9.17) is 30.4 Å². The van der Waals surface area contributed by atoms with Crippen LogP contribution in [0.1, 0.15) is 76.5 Å². The molecule has 1 aliphatic rings. The van der Waals surface area contributed by atoms with E-state index in [2.05, 4.69) is 42.5 Å². The minimum atomic E-state index is -1.82. The van der Waals surface area contributed by atoms with Crippen molar-refractivity contribution in [1.29, 1.82) is 0 Å². The van der Waals surface area contributed by atoms with E-state index >= 15 is 0 Å². The molecule has 10 N–H and O–H groups in total. The Hall–Kier alpha value is -7.60. The van der Waals surface area contributed by atoms with Crippen molar-refractivity contribution in [2.75, 3.05) is 19.8 Å². The topological polar surface area (TPSA) is 343 Å². The monoisotopic (exact) mass is 1110 g/mol. The normalized spacial score (nSPS) is 15.0. The minimum Gasteiger partial charge on any atom is -0.480 e. The highest BCUT2D eigenvalue weighted by atomic mass is 79.9. The van der Waals surface area contributed by atoms with Crippen LogP contribution < -0.4 is 42.8 Å². The number of alkyl carbamates (subject to hydrolysis) is 1. The van der Waals surface area contributed by atoms with Crippen LogP contribution in [0.15, 0.2) is 83.3 Å². The van der Waals surface area contributed by atoms with E-state index in [-0.39, 0.29) is 50.9 Å². The average Bonchev–Trinajstić information content (AvgIpc) is 3.86. The first-order valence-corrected chi connectivity index (χ1v) is 24.9. The van der Waals surface area contributed by atoms with E-state index in [1.165, 1.54) is 24.3 Å². The molecule has 406 valence electrons. The second-order valence-corrected chi connectivity index (χ2v) is 19.3. The number of carbonyl (C=O) groups excluding carboxylic acids is 9. The van der Waals surface area contributed by atoms with Gasteiger partial charge in [0.15, 0.2) is 0 Å². The van der Waals surface area contributed by atoms with E-state index in [1.54, 1.807) is 68.4 Å². The van der Waals surface area contributed by atoms with Gasteiger partial charge < -0.3 is 67.0 Å². The number of aliphatic carboxylic acids is 1. The van der Waals surface area contributed by atoms with Gasteiger partial charge >= 0.3 is 18.2 Å². The summed E-state index contributed by atoms with van der Waals surface area (Å²) in [5.41, 5.74) is 12.8. The summed E-state index contributed by atoms with van der Waals surface area (Å²) in [6.07, 6.45) is -3.41. The van der Waals surface area contributed by atoms with E-state index in [9.17, 15) is 53.1 Å². The maximum absolute atomic E-state index is 14.2. The first-order chi connectivity index (χ1) is 35.6. The molecule has 8 amide bonds. The molecule has 0 aromatic heterocycles. The van der Waals surface area contributed by atoms with Gasteiger partial charge in [-0.15, -0.1) is 0 Å². The van der Waals surface area contributed by atoms with Crippen LogP contribution in [-0.2, 0) is 72.2 Å². The van der Waals surface area contributed by atoms with Gasteiger partial charge in [-0.25, -0.2) is 14.4 Å². The zero-order chi connectivity index (χ0) is 55.2. The number of ether oxygens (including phenoxy) is 4. The first-order valence-electron chi connectivity index (χ1n) is 24.1. The summed E-state index contributed by atoms with van der Waals surface area (Å²) in [5, 5.41) is 22.4. The zero-order valence-corrected chi connectivity index (χ0v) is 43.6. The molecule has 0 bridgehead atoms. The van der Waals surface area contributed by atoms with Gasteiger partial charge in [0.25, 0.3) is 0 Å². The molecule has 3 aromatic rings. The van der Waals surface area contributed by atoms with Crippen molar-refractivity contribution >= 4 is 75.5 Å². The number of hydrogen-bond acceptors (Lipinski definition) is 14. The van der Waals surface area contributed by atoms with Crippen molar-refractivity contribution in [2.24, 2.45) is 23.3 Å². The number of carboxylic acid groups (broad SMARTS) is 1. The van der Waals surface area contributed by atoms with E-state index in [1.807, 2.05) is 13.8 Å². The number of nitrogens with one attached hydrogen (secondary N) is 5. The molecule has 1 heterocycles. The van der Waals surface area contributed by atoms with Crippen molar-refractivity contribution in [3.05, 3.63) is 100 Å². The van der Waals surface area contributed by atoms with Crippen LogP contribution in [0.3, 0.4) is 0 Å². The Morgan fingerprint density at radius 1 is 0.667 bits per heavy atom. The van der Waals surface area contributed by atoms with Crippen molar-refractivity contribution in [1.82, 2.24) is 31.5 Å². The predicted molar refractivity (Wildman–Crippen MR) is 271 cm³/mol. The molecule has 24 heteroatoms. The van der Waals surface area contributed by atoms with Crippen LogP contribution in [0.4, 0.5) is 9.59 Å². The fraction of sp³-hybridized carbons (Fsp3) is 0.451. The van der Waals surface area contributed by atoms with E-state index in [0.717, 1.165) is 14.9 Å². The maximum atomic E-state index is 14.2.